The molecule has 2 N–H and O–H groups in total. The third-order valence-electron chi connectivity index (χ3n) is 4.64. The lowest BCUT2D eigenvalue weighted by Crippen LogP contribution is -2.13. The highest BCUT2D eigenvalue weighted by Crippen LogP contribution is 2.29. The zero-order chi connectivity index (χ0) is 22.9. The Morgan fingerprint density at radius 3 is 2.35 bits per heavy atom. The second-order valence-electron chi connectivity index (χ2n) is 6.74. The molecule has 0 aliphatic rings. The minimum absolute atomic E-state index is 0.0108. The number of Topliss-reactive ketones (excluding diaryl/α,β-unsaturated/α-hetero) is 1. The molecule has 0 bridgehead atoms. The van der Waals surface area contributed by atoms with Crippen molar-refractivity contribution in [2.24, 2.45) is 5.14 Å². The minimum Gasteiger partial charge on any atom is -0.484 e. The number of aryl methyl sites for hydroxylation is 1. The number of aromatic nitrogens is 1. The molecular formula is C20H18ClN3O6S. The summed E-state index contributed by atoms with van der Waals surface area (Å²) in [5, 5.41) is 15.9. The fraction of sp³-hybridized carbons (Fsp3) is 0.150. The number of non-ortho nitro benzene ring substituents is 1. The number of ether oxygens (including phenoxy) is 1. The van der Waals surface area contributed by atoms with E-state index in [1.807, 2.05) is 6.92 Å². The number of sulfonamides is 1. The number of carbonyl (C=O) groups excluding carboxylic acids is 1. The summed E-state index contributed by atoms with van der Waals surface area (Å²) in [6.07, 6.45) is 0. The fourth-order valence-electron chi connectivity index (χ4n) is 3.17. The zero-order valence-corrected chi connectivity index (χ0v) is 18.1. The van der Waals surface area contributed by atoms with Crippen molar-refractivity contribution in [2.75, 3.05) is 6.61 Å². The van der Waals surface area contributed by atoms with Crippen LogP contribution in [-0.4, -0.2) is 30.3 Å². The normalized spacial score (nSPS) is 11.4. The Bertz CT molecular complexity index is 1280. The summed E-state index contributed by atoms with van der Waals surface area (Å²) >= 11 is 5.99. The van der Waals surface area contributed by atoms with Gasteiger partial charge in [-0.1, -0.05) is 11.6 Å². The summed E-state index contributed by atoms with van der Waals surface area (Å²) < 4.78 is 30.1. The molecule has 0 aliphatic carbocycles. The molecule has 0 unspecified atom stereocenters. The molecule has 2 aromatic carbocycles. The number of hydrogen-bond acceptors (Lipinski definition) is 6. The van der Waals surface area contributed by atoms with Crippen LogP contribution in [0.2, 0.25) is 5.02 Å². The monoisotopic (exact) mass is 463 g/mol. The maximum absolute atomic E-state index is 12.7. The Kier molecular flexibility index (Phi) is 6.16. The second-order valence-corrected chi connectivity index (χ2v) is 8.71. The van der Waals surface area contributed by atoms with Gasteiger partial charge in [0.1, 0.15) is 5.75 Å². The maximum atomic E-state index is 12.7. The average Bonchev–Trinajstić information content (AvgIpc) is 3.00. The summed E-state index contributed by atoms with van der Waals surface area (Å²) in [7, 11) is -3.80. The molecule has 0 fully saturated rings. The highest BCUT2D eigenvalue weighted by Gasteiger charge is 2.19. The van der Waals surface area contributed by atoms with Crippen LogP contribution < -0.4 is 9.88 Å². The quantitative estimate of drug-likeness (QED) is 0.323. The van der Waals surface area contributed by atoms with E-state index in [2.05, 4.69) is 0 Å². The van der Waals surface area contributed by atoms with Crippen LogP contribution in [0.4, 0.5) is 5.69 Å². The number of nitro groups is 1. The molecule has 31 heavy (non-hydrogen) atoms. The van der Waals surface area contributed by atoms with Crippen LogP contribution in [0.25, 0.3) is 5.69 Å². The topological polar surface area (TPSA) is 135 Å². The van der Waals surface area contributed by atoms with E-state index < -0.39 is 14.9 Å². The number of benzene rings is 2. The van der Waals surface area contributed by atoms with Gasteiger partial charge in [0.25, 0.3) is 5.69 Å². The Balaban J connectivity index is 1.81. The predicted molar refractivity (Wildman–Crippen MR) is 115 cm³/mol. The summed E-state index contributed by atoms with van der Waals surface area (Å²) in [5.41, 5.74) is 2.31. The third-order valence-corrected chi connectivity index (χ3v) is 5.86. The van der Waals surface area contributed by atoms with Gasteiger partial charge >= 0.3 is 0 Å². The van der Waals surface area contributed by atoms with E-state index >= 15 is 0 Å². The van der Waals surface area contributed by atoms with Gasteiger partial charge in [0, 0.05) is 34.8 Å². The van der Waals surface area contributed by atoms with Crippen molar-refractivity contribution >= 4 is 33.1 Å². The molecule has 0 atom stereocenters. The molecule has 3 rings (SSSR count). The molecule has 1 heterocycles. The van der Waals surface area contributed by atoms with Crippen LogP contribution >= 0.6 is 11.6 Å². The Morgan fingerprint density at radius 2 is 1.81 bits per heavy atom. The largest absolute Gasteiger partial charge is 0.484 e. The van der Waals surface area contributed by atoms with Crippen LogP contribution in [0.1, 0.15) is 21.7 Å². The van der Waals surface area contributed by atoms with Crippen LogP contribution in [0, 0.1) is 24.0 Å². The number of nitrogens with two attached hydrogens (primary N) is 1. The van der Waals surface area contributed by atoms with Gasteiger partial charge in [-0.3, -0.25) is 14.9 Å². The van der Waals surface area contributed by atoms with E-state index in [1.54, 1.807) is 29.7 Å². The Morgan fingerprint density at radius 1 is 1.16 bits per heavy atom. The van der Waals surface area contributed by atoms with E-state index in [1.165, 1.54) is 24.3 Å². The van der Waals surface area contributed by atoms with E-state index in [9.17, 15) is 23.3 Å². The average molecular weight is 464 g/mol. The number of nitro benzene ring substituents is 1. The molecule has 162 valence electrons. The predicted octanol–water partition coefficient (Wildman–Crippen LogP) is 3.56. The molecule has 0 amide bonds. The standard InChI is InChI=1S/C20H18ClN3O6S/c1-12-9-17(13(2)23(12)14-3-6-16(7-4-14)31(22,28)29)19(25)11-30-20-8-5-15(24(26)27)10-18(20)21/h3-10H,11H2,1-2H3,(H2,22,28,29). The highest BCUT2D eigenvalue weighted by molar-refractivity contribution is 7.89. The van der Waals surface area contributed by atoms with Crippen LogP contribution in [0.3, 0.4) is 0 Å². The van der Waals surface area contributed by atoms with Gasteiger partial charge in [-0.25, -0.2) is 13.6 Å². The number of ketones is 1. The van der Waals surface area contributed by atoms with Crippen molar-refractivity contribution in [1.29, 1.82) is 0 Å². The van der Waals surface area contributed by atoms with Crippen molar-refractivity contribution < 1.29 is 22.9 Å². The van der Waals surface area contributed by atoms with E-state index in [0.717, 1.165) is 11.8 Å². The number of hydrogen-bond donors (Lipinski definition) is 1. The first-order chi connectivity index (χ1) is 14.5. The Hall–Kier alpha value is -3.21. The second kappa shape index (κ2) is 8.50. The molecule has 0 aliphatic heterocycles. The first-order valence-electron chi connectivity index (χ1n) is 8.91. The van der Waals surface area contributed by atoms with E-state index in [0.29, 0.717) is 16.9 Å². The first kappa shape index (κ1) is 22.5. The van der Waals surface area contributed by atoms with Gasteiger partial charge in [-0.15, -0.1) is 0 Å². The maximum Gasteiger partial charge on any atom is 0.271 e. The first-order valence-corrected chi connectivity index (χ1v) is 10.8. The molecule has 0 saturated carbocycles. The smallest absolute Gasteiger partial charge is 0.271 e. The molecule has 3 aromatic rings. The summed E-state index contributed by atoms with van der Waals surface area (Å²) in [5.74, 6) is -0.150. The van der Waals surface area contributed by atoms with Gasteiger partial charge in [0.05, 0.1) is 14.8 Å². The van der Waals surface area contributed by atoms with Gasteiger partial charge in [-0.05, 0) is 50.2 Å². The summed E-state index contributed by atoms with van der Waals surface area (Å²) in [4.78, 5) is 22.9. The number of rotatable bonds is 7. The summed E-state index contributed by atoms with van der Waals surface area (Å²) in [6, 6.07) is 11.4. The molecule has 0 spiro atoms. The molecule has 0 radical (unpaired) electrons. The number of halogens is 1. The van der Waals surface area contributed by atoms with Crippen molar-refractivity contribution in [1.82, 2.24) is 4.57 Å². The van der Waals surface area contributed by atoms with Crippen LogP contribution in [-0.2, 0) is 10.0 Å². The summed E-state index contributed by atoms with van der Waals surface area (Å²) in [6.45, 7) is 3.25. The van der Waals surface area contributed by atoms with E-state index in [-0.39, 0.29) is 33.7 Å². The van der Waals surface area contributed by atoms with Gasteiger partial charge in [-0.2, -0.15) is 0 Å². The lowest BCUT2D eigenvalue weighted by molar-refractivity contribution is -0.384. The van der Waals surface area contributed by atoms with Crippen molar-refractivity contribution in [3.8, 4) is 11.4 Å². The molecule has 9 nitrogen and oxygen atoms in total. The number of nitrogens with zero attached hydrogens (tertiary/aromatic N) is 2. The molecule has 1 aromatic heterocycles. The Labute approximate surface area is 183 Å². The minimum atomic E-state index is -3.80. The van der Waals surface area contributed by atoms with Gasteiger partial charge in [0.2, 0.25) is 15.8 Å². The molecular weight excluding hydrogens is 446 g/mol. The zero-order valence-electron chi connectivity index (χ0n) is 16.5. The lowest BCUT2D eigenvalue weighted by atomic mass is 10.1. The number of carbonyl (C=O) groups is 1. The van der Waals surface area contributed by atoms with Crippen LogP contribution in [0.15, 0.2) is 53.4 Å². The van der Waals surface area contributed by atoms with Crippen LogP contribution in [0.5, 0.6) is 5.75 Å². The lowest BCUT2D eigenvalue weighted by Gasteiger charge is -2.11. The van der Waals surface area contributed by atoms with Crippen molar-refractivity contribution in [3.05, 3.63) is 80.6 Å². The molecule has 0 saturated heterocycles. The third kappa shape index (κ3) is 4.76. The molecule has 11 heteroatoms. The van der Waals surface area contributed by atoms with Gasteiger partial charge < -0.3 is 9.30 Å². The van der Waals surface area contributed by atoms with Gasteiger partial charge in [0.15, 0.2) is 6.61 Å². The number of primary sulfonamides is 1. The SMILES string of the molecule is Cc1cc(C(=O)COc2ccc([N+](=O)[O-])cc2Cl)c(C)n1-c1ccc(S(N)(=O)=O)cc1. The van der Waals surface area contributed by atoms with Crippen molar-refractivity contribution in [2.45, 2.75) is 18.7 Å². The van der Waals surface area contributed by atoms with E-state index in [4.69, 9.17) is 21.5 Å². The highest BCUT2D eigenvalue weighted by atomic mass is 35.5. The fourth-order valence-corrected chi connectivity index (χ4v) is 3.91. The van der Waals surface area contributed by atoms with Crippen molar-refractivity contribution in [3.63, 3.8) is 0 Å².